The number of rotatable bonds is 15. The van der Waals surface area contributed by atoms with E-state index in [1.54, 1.807) is 0 Å². The fourth-order valence-corrected chi connectivity index (χ4v) is 3.28. The molecule has 0 spiro atoms. The number of alkyl carbamates (subject to hydrolysis) is 1. The summed E-state index contributed by atoms with van der Waals surface area (Å²) >= 11 is 0. The molecule has 0 aromatic carbocycles. The maximum absolute atomic E-state index is 11.7. The van der Waals surface area contributed by atoms with Crippen molar-refractivity contribution in [2.75, 3.05) is 12.3 Å². The molecule has 1 amide bonds. The molecule has 8 heteroatoms. The minimum Gasteiger partial charge on any atom is -0.748 e. The summed E-state index contributed by atoms with van der Waals surface area (Å²) in [5.74, 6) is -0.935. The van der Waals surface area contributed by atoms with Crippen molar-refractivity contribution in [1.29, 1.82) is 0 Å². The molecule has 0 saturated heterocycles. The van der Waals surface area contributed by atoms with E-state index < -0.39 is 33.7 Å². The van der Waals surface area contributed by atoms with Crippen molar-refractivity contribution in [1.82, 2.24) is 5.32 Å². The minimum atomic E-state index is -4.53. The zero-order valence-corrected chi connectivity index (χ0v) is 17.3. The van der Waals surface area contributed by atoms with Gasteiger partial charge in [0, 0.05) is 6.54 Å². The maximum Gasteiger partial charge on any atom is 0.407 e. The van der Waals surface area contributed by atoms with Crippen LogP contribution in [0.2, 0.25) is 0 Å². The van der Waals surface area contributed by atoms with Gasteiger partial charge in [-0.2, -0.15) is 0 Å². The lowest BCUT2D eigenvalue weighted by atomic mass is 9.99. The van der Waals surface area contributed by atoms with Gasteiger partial charge in [0.1, 0.15) is 5.60 Å². The molecule has 0 aliphatic carbocycles. The van der Waals surface area contributed by atoms with Crippen LogP contribution in [0.4, 0.5) is 4.79 Å². The largest absolute Gasteiger partial charge is 0.748 e. The van der Waals surface area contributed by atoms with Crippen LogP contribution in [0.15, 0.2) is 0 Å². The number of carbonyl (C=O) groups excluding carboxylic acids is 1. The van der Waals surface area contributed by atoms with Gasteiger partial charge in [-0.25, -0.2) is 13.2 Å². The van der Waals surface area contributed by atoms with Crippen molar-refractivity contribution in [3.63, 3.8) is 0 Å². The van der Waals surface area contributed by atoms with Crippen LogP contribution in [0.25, 0.3) is 0 Å². The number of carbonyl (C=O) groups is 1. The van der Waals surface area contributed by atoms with Gasteiger partial charge >= 0.3 is 6.09 Å². The van der Waals surface area contributed by atoms with Gasteiger partial charge in [0.25, 0.3) is 0 Å². The third-order valence-corrected chi connectivity index (χ3v) is 4.92. The van der Waals surface area contributed by atoms with E-state index in [4.69, 9.17) is 4.74 Å². The van der Waals surface area contributed by atoms with Crippen molar-refractivity contribution in [3.8, 4) is 0 Å². The number of aliphatic hydroxyl groups excluding tert-OH is 1. The lowest BCUT2D eigenvalue weighted by Crippen LogP contribution is -2.40. The Labute approximate surface area is 158 Å². The van der Waals surface area contributed by atoms with Crippen molar-refractivity contribution < 1.29 is 27.6 Å². The molecule has 156 valence electrons. The average Bonchev–Trinajstić information content (AvgIpc) is 2.49. The average molecular weight is 395 g/mol. The Kier molecular flexibility index (Phi) is 12.9. The smallest absolute Gasteiger partial charge is 0.407 e. The van der Waals surface area contributed by atoms with Gasteiger partial charge in [-0.1, -0.05) is 58.3 Å². The summed E-state index contributed by atoms with van der Waals surface area (Å²) in [6.45, 7) is 5.50. The monoisotopic (exact) mass is 394 g/mol. The number of unbranched alkanes of at least 4 members (excludes halogenated alkanes) is 8. The highest BCUT2D eigenvalue weighted by Gasteiger charge is 2.22. The third-order valence-electron chi connectivity index (χ3n) is 4.13. The van der Waals surface area contributed by atoms with E-state index in [0.29, 0.717) is 0 Å². The Balaban J connectivity index is 3.80. The van der Waals surface area contributed by atoms with Crippen molar-refractivity contribution >= 4 is 16.2 Å². The van der Waals surface area contributed by atoms with Crippen LogP contribution in [-0.2, 0) is 14.9 Å². The summed E-state index contributed by atoms with van der Waals surface area (Å²) in [4.78, 5) is 11.7. The predicted molar refractivity (Wildman–Crippen MR) is 101 cm³/mol. The van der Waals surface area contributed by atoms with Crippen LogP contribution in [-0.4, -0.2) is 48.2 Å². The van der Waals surface area contributed by atoms with Gasteiger partial charge in [-0.3, -0.25) is 0 Å². The van der Waals surface area contributed by atoms with Crippen LogP contribution in [0.1, 0.15) is 85.0 Å². The molecule has 0 aromatic heterocycles. The first-order valence-corrected chi connectivity index (χ1v) is 11.2. The van der Waals surface area contributed by atoms with Crippen molar-refractivity contribution in [2.45, 2.75) is 96.7 Å². The van der Waals surface area contributed by atoms with Gasteiger partial charge in [0.05, 0.1) is 22.0 Å². The van der Waals surface area contributed by atoms with E-state index in [0.717, 1.165) is 19.3 Å². The molecule has 7 nitrogen and oxygen atoms in total. The Bertz CT molecular complexity index is 478. The Hall–Kier alpha value is -0.860. The standard InChI is InChI=1S/C18H37NO6S/c1-4-5-6-7-8-9-10-11-12-13-18(2,3)25-17(21)19-14-16(20)15-26(22,23)24/h16,20H,4-15H2,1-3H3,(H,19,21)(H,22,23,24)/p-1. The first kappa shape index (κ1) is 25.1. The summed E-state index contributed by atoms with van der Waals surface area (Å²) in [5.41, 5.74) is -0.638. The molecule has 0 aliphatic rings. The van der Waals surface area contributed by atoms with Gasteiger partial charge < -0.3 is 19.7 Å². The van der Waals surface area contributed by atoms with E-state index >= 15 is 0 Å². The predicted octanol–water partition coefficient (Wildman–Crippen LogP) is 3.32. The molecule has 1 unspecified atom stereocenters. The van der Waals surface area contributed by atoms with Gasteiger partial charge in [0.2, 0.25) is 0 Å². The highest BCUT2D eigenvalue weighted by atomic mass is 32.2. The summed E-state index contributed by atoms with van der Waals surface area (Å²) in [6.07, 6.45) is 9.54. The second-order valence-corrected chi connectivity index (χ2v) is 8.94. The lowest BCUT2D eigenvalue weighted by Gasteiger charge is -2.25. The molecule has 0 heterocycles. The Morgan fingerprint density at radius 2 is 1.58 bits per heavy atom. The fraction of sp³-hybridized carbons (Fsp3) is 0.944. The molecule has 0 aliphatic heterocycles. The fourth-order valence-electron chi connectivity index (χ4n) is 2.70. The summed E-state index contributed by atoms with van der Waals surface area (Å²) in [7, 11) is -4.53. The van der Waals surface area contributed by atoms with Crippen LogP contribution in [0.3, 0.4) is 0 Å². The zero-order valence-electron chi connectivity index (χ0n) is 16.5. The minimum absolute atomic E-state index is 0.339. The highest BCUT2D eigenvalue weighted by molar-refractivity contribution is 7.85. The zero-order chi connectivity index (χ0) is 20.1. The maximum atomic E-state index is 11.7. The molecule has 2 N–H and O–H groups in total. The van der Waals surface area contributed by atoms with Gasteiger partial charge in [-0.05, 0) is 26.7 Å². The molecular formula is C18H36NO6S-. The number of nitrogens with one attached hydrogen (secondary N) is 1. The topological polar surface area (TPSA) is 116 Å². The number of aliphatic hydroxyl groups is 1. The molecule has 26 heavy (non-hydrogen) atoms. The van der Waals surface area contributed by atoms with Crippen LogP contribution >= 0.6 is 0 Å². The van der Waals surface area contributed by atoms with E-state index in [1.807, 2.05) is 13.8 Å². The second kappa shape index (κ2) is 13.3. The SMILES string of the molecule is CCCCCCCCCCCC(C)(C)OC(=O)NCC(O)CS(=O)(=O)[O-]. The highest BCUT2D eigenvalue weighted by Crippen LogP contribution is 2.20. The molecule has 1 atom stereocenters. The molecule has 0 radical (unpaired) electrons. The normalized spacial score (nSPS) is 13.4. The van der Waals surface area contributed by atoms with Gasteiger partial charge in [0.15, 0.2) is 0 Å². The molecule has 0 fully saturated rings. The first-order valence-electron chi connectivity index (χ1n) is 9.64. The summed E-state index contributed by atoms with van der Waals surface area (Å²) < 4.78 is 36.8. The third kappa shape index (κ3) is 16.6. The molecule has 0 bridgehead atoms. The Morgan fingerprint density at radius 3 is 2.08 bits per heavy atom. The van der Waals surface area contributed by atoms with Crippen LogP contribution < -0.4 is 5.32 Å². The first-order chi connectivity index (χ1) is 12.1. The quantitative estimate of drug-likeness (QED) is 0.325. The molecule has 0 aromatic rings. The molecular weight excluding hydrogens is 358 g/mol. The van der Waals surface area contributed by atoms with Crippen molar-refractivity contribution in [3.05, 3.63) is 0 Å². The van der Waals surface area contributed by atoms with E-state index in [9.17, 15) is 22.9 Å². The van der Waals surface area contributed by atoms with E-state index in [1.165, 1.54) is 44.9 Å². The number of hydrogen-bond donors (Lipinski definition) is 2. The van der Waals surface area contributed by atoms with E-state index in [-0.39, 0.29) is 6.54 Å². The van der Waals surface area contributed by atoms with Crippen LogP contribution in [0, 0.1) is 0 Å². The van der Waals surface area contributed by atoms with Crippen molar-refractivity contribution in [2.24, 2.45) is 0 Å². The van der Waals surface area contributed by atoms with E-state index in [2.05, 4.69) is 12.2 Å². The summed E-state index contributed by atoms with van der Waals surface area (Å²) in [5, 5.41) is 11.7. The van der Waals surface area contributed by atoms with Crippen LogP contribution in [0.5, 0.6) is 0 Å². The molecule has 0 rings (SSSR count). The lowest BCUT2D eigenvalue weighted by molar-refractivity contribution is 0.0287. The Morgan fingerprint density at radius 1 is 1.08 bits per heavy atom. The second-order valence-electron chi connectivity index (χ2n) is 7.49. The molecule has 0 saturated carbocycles. The number of hydrogen-bond acceptors (Lipinski definition) is 6. The van der Waals surface area contributed by atoms with Gasteiger partial charge in [-0.15, -0.1) is 0 Å². The summed E-state index contributed by atoms with van der Waals surface area (Å²) in [6, 6.07) is 0. The number of ether oxygens (including phenoxy) is 1. The number of amides is 1.